The highest BCUT2D eigenvalue weighted by atomic mass is 19.1. The summed E-state index contributed by atoms with van der Waals surface area (Å²) in [4.78, 5) is 22.0. The average Bonchev–Trinajstić information content (AvgIpc) is 3.44. The molecule has 1 amide bonds. The number of pyridine rings is 1. The molecule has 0 saturated heterocycles. The highest BCUT2D eigenvalue weighted by molar-refractivity contribution is 5.97. The van der Waals surface area contributed by atoms with Crippen LogP contribution >= 0.6 is 0 Å². The van der Waals surface area contributed by atoms with E-state index in [0.29, 0.717) is 11.6 Å². The fourth-order valence-corrected chi connectivity index (χ4v) is 6.32. The van der Waals surface area contributed by atoms with E-state index in [1.54, 1.807) is 31.4 Å². The Labute approximate surface area is 249 Å². The van der Waals surface area contributed by atoms with Gasteiger partial charge in [-0.2, -0.15) is 0 Å². The van der Waals surface area contributed by atoms with Gasteiger partial charge in [0.05, 0.1) is 29.4 Å². The topological polar surface area (TPSA) is 83.0 Å². The Morgan fingerprint density at radius 2 is 1.60 bits per heavy atom. The highest BCUT2D eigenvalue weighted by Crippen LogP contribution is 2.38. The predicted octanol–water partition coefficient (Wildman–Crippen LogP) is 8.34. The Kier molecular flexibility index (Phi) is 6.86. The van der Waals surface area contributed by atoms with E-state index >= 15 is 0 Å². The molecule has 6 aromatic rings. The number of hydrogen-bond donors (Lipinski definition) is 1. The number of ether oxygens (including phenoxy) is 1. The van der Waals surface area contributed by atoms with Crippen LogP contribution in [0.4, 0.5) is 4.39 Å². The Balaban J connectivity index is 1.33. The van der Waals surface area contributed by atoms with Crippen LogP contribution in [-0.4, -0.2) is 27.6 Å². The average molecular weight is 571 g/mol. The number of nitrogens with two attached hydrogens (primary N) is 1. The van der Waals surface area contributed by atoms with Crippen LogP contribution in [0.15, 0.2) is 91.0 Å². The third-order valence-corrected chi connectivity index (χ3v) is 8.52. The molecule has 1 aliphatic carbocycles. The minimum Gasteiger partial charge on any atom is -0.497 e. The summed E-state index contributed by atoms with van der Waals surface area (Å²) in [6.45, 7) is 0. The van der Waals surface area contributed by atoms with E-state index in [-0.39, 0.29) is 5.82 Å². The largest absolute Gasteiger partial charge is 0.497 e. The lowest BCUT2D eigenvalue weighted by Gasteiger charge is -2.25. The number of hydrogen-bond acceptors (Lipinski definition) is 4. The summed E-state index contributed by atoms with van der Waals surface area (Å²) in [5, 5.41) is 0.993. The van der Waals surface area contributed by atoms with Gasteiger partial charge in [0.1, 0.15) is 17.4 Å². The standard InChI is InChI=1S/C36H31FN4O2/c1-43-28-14-15-29(22-7-12-26(37)13-8-22)30(21-28)32-17-9-23-19-25(10-16-31(23)39-32)36-40-33-20-24(35(38)42)11-18-34(33)41(36)27-5-3-2-4-6-27/h7-21,27H,2-6H2,1H3,(H2,38,42). The van der Waals surface area contributed by atoms with Crippen LogP contribution in [0.2, 0.25) is 0 Å². The van der Waals surface area contributed by atoms with Crippen molar-refractivity contribution in [3.05, 3.63) is 102 Å². The van der Waals surface area contributed by atoms with Gasteiger partial charge in [-0.15, -0.1) is 0 Å². The molecule has 0 unspecified atom stereocenters. The third-order valence-electron chi connectivity index (χ3n) is 8.52. The zero-order valence-electron chi connectivity index (χ0n) is 23.9. The van der Waals surface area contributed by atoms with Gasteiger partial charge in [0, 0.05) is 28.1 Å². The number of rotatable bonds is 6. The molecule has 0 radical (unpaired) electrons. The maximum Gasteiger partial charge on any atom is 0.248 e. The van der Waals surface area contributed by atoms with Crippen molar-refractivity contribution in [3.63, 3.8) is 0 Å². The summed E-state index contributed by atoms with van der Waals surface area (Å²) in [5.74, 6) is 0.880. The zero-order valence-corrected chi connectivity index (χ0v) is 23.9. The molecule has 0 atom stereocenters. The Hall–Kier alpha value is -5.04. The second-order valence-electron chi connectivity index (χ2n) is 11.2. The second-order valence-corrected chi connectivity index (χ2v) is 11.2. The van der Waals surface area contributed by atoms with Crippen molar-refractivity contribution in [1.82, 2.24) is 14.5 Å². The molecule has 2 aromatic heterocycles. The number of halogens is 1. The lowest BCUT2D eigenvalue weighted by atomic mass is 9.94. The highest BCUT2D eigenvalue weighted by Gasteiger charge is 2.23. The maximum absolute atomic E-state index is 13.7. The van der Waals surface area contributed by atoms with Gasteiger partial charge in [0.25, 0.3) is 0 Å². The molecule has 6 nitrogen and oxygen atoms in total. The van der Waals surface area contributed by atoms with Crippen molar-refractivity contribution in [2.24, 2.45) is 5.73 Å². The van der Waals surface area contributed by atoms with E-state index in [2.05, 4.69) is 22.8 Å². The van der Waals surface area contributed by atoms with Gasteiger partial charge < -0.3 is 15.0 Å². The van der Waals surface area contributed by atoms with Gasteiger partial charge in [-0.25, -0.2) is 14.4 Å². The van der Waals surface area contributed by atoms with Crippen molar-refractivity contribution < 1.29 is 13.9 Å². The number of benzene rings is 4. The van der Waals surface area contributed by atoms with Gasteiger partial charge in [-0.05, 0) is 90.7 Å². The van der Waals surface area contributed by atoms with E-state index < -0.39 is 5.91 Å². The van der Waals surface area contributed by atoms with E-state index in [0.717, 1.165) is 74.3 Å². The minimum atomic E-state index is -0.457. The molecular formula is C36H31FN4O2. The molecule has 4 aromatic carbocycles. The first kappa shape index (κ1) is 26.8. The van der Waals surface area contributed by atoms with Crippen molar-refractivity contribution in [1.29, 1.82) is 0 Å². The number of methoxy groups -OCH3 is 1. The molecule has 0 bridgehead atoms. The first-order chi connectivity index (χ1) is 21.0. The van der Waals surface area contributed by atoms with Crippen LogP contribution < -0.4 is 10.5 Å². The normalized spacial score (nSPS) is 13.9. The lowest BCUT2D eigenvalue weighted by molar-refractivity contribution is 0.100. The number of nitrogens with zero attached hydrogens (tertiary/aromatic N) is 3. The fourth-order valence-electron chi connectivity index (χ4n) is 6.32. The first-order valence-corrected chi connectivity index (χ1v) is 14.7. The molecule has 1 saturated carbocycles. The molecule has 2 heterocycles. The van der Waals surface area contributed by atoms with Crippen molar-refractivity contribution in [3.8, 4) is 39.5 Å². The Morgan fingerprint density at radius 3 is 2.37 bits per heavy atom. The number of carbonyl (C=O) groups is 1. The number of primary amides is 1. The molecule has 7 rings (SSSR count). The molecular weight excluding hydrogens is 539 g/mol. The molecule has 1 fully saturated rings. The quantitative estimate of drug-likeness (QED) is 0.218. The molecule has 2 N–H and O–H groups in total. The maximum atomic E-state index is 13.7. The van der Waals surface area contributed by atoms with Crippen LogP contribution in [0, 0.1) is 5.82 Å². The van der Waals surface area contributed by atoms with Crippen LogP contribution in [0.3, 0.4) is 0 Å². The van der Waals surface area contributed by atoms with E-state index in [9.17, 15) is 9.18 Å². The third kappa shape index (κ3) is 5.01. The van der Waals surface area contributed by atoms with Gasteiger partial charge in [0.15, 0.2) is 0 Å². The lowest BCUT2D eigenvalue weighted by Crippen LogP contribution is -2.14. The molecule has 7 heteroatoms. The van der Waals surface area contributed by atoms with Crippen LogP contribution in [-0.2, 0) is 0 Å². The SMILES string of the molecule is COc1ccc(-c2ccc(F)cc2)c(-c2ccc3cc(-c4nc5cc(C(N)=O)ccc5n4C4CCCCC4)ccc3n2)c1. The fraction of sp³-hybridized carbons (Fsp3) is 0.194. The van der Waals surface area contributed by atoms with Crippen LogP contribution in [0.25, 0.3) is 55.7 Å². The molecule has 43 heavy (non-hydrogen) atoms. The first-order valence-electron chi connectivity index (χ1n) is 14.7. The number of fused-ring (bicyclic) bond motifs is 2. The van der Waals surface area contributed by atoms with Crippen molar-refractivity contribution in [2.75, 3.05) is 7.11 Å². The number of amides is 1. The van der Waals surface area contributed by atoms with Crippen molar-refractivity contribution in [2.45, 2.75) is 38.1 Å². The summed E-state index contributed by atoms with van der Waals surface area (Å²) in [6, 6.07) is 28.6. The van der Waals surface area contributed by atoms with E-state index in [1.807, 2.05) is 36.4 Å². The van der Waals surface area contributed by atoms with Crippen LogP contribution in [0.1, 0.15) is 48.5 Å². The van der Waals surface area contributed by atoms with E-state index in [1.165, 1.54) is 31.4 Å². The molecule has 0 spiro atoms. The van der Waals surface area contributed by atoms with Gasteiger partial charge >= 0.3 is 0 Å². The van der Waals surface area contributed by atoms with Gasteiger partial charge in [0.2, 0.25) is 5.91 Å². The molecule has 214 valence electrons. The summed E-state index contributed by atoms with van der Waals surface area (Å²) < 4.78 is 21.5. The molecule has 1 aliphatic rings. The summed E-state index contributed by atoms with van der Waals surface area (Å²) >= 11 is 0. The van der Waals surface area contributed by atoms with Crippen LogP contribution in [0.5, 0.6) is 5.75 Å². The molecule has 0 aliphatic heterocycles. The number of imidazole rings is 1. The zero-order chi connectivity index (χ0) is 29.5. The van der Waals surface area contributed by atoms with Gasteiger partial charge in [-0.1, -0.05) is 43.5 Å². The smallest absolute Gasteiger partial charge is 0.248 e. The van der Waals surface area contributed by atoms with Gasteiger partial charge in [-0.3, -0.25) is 4.79 Å². The van der Waals surface area contributed by atoms with E-state index in [4.69, 9.17) is 20.4 Å². The summed E-state index contributed by atoms with van der Waals surface area (Å²) in [7, 11) is 1.64. The predicted molar refractivity (Wildman–Crippen MR) is 168 cm³/mol. The second kappa shape index (κ2) is 11.0. The Morgan fingerprint density at radius 1 is 0.814 bits per heavy atom. The summed E-state index contributed by atoms with van der Waals surface area (Å²) in [6.07, 6.45) is 5.84. The minimum absolute atomic E-state index is 0.274. The Bertz CT molecular complexity index is 1990. The monoisotopic (exact) mass is 570 g/mol. The summed E-state index contributed by atoms with van der Waals surface area (Å²) in [5.41, 5.74) is 13.2. The van der Waals surface area contributed by atoms with Crippen molar-refractivity contribution >= 4 is 27.8 Å². The number of aromatic nitrogens is 3. The number of carbonyl (C=O) groups excluding carboxylic acids is 1.